The van der Waals surface area contributed by atoms with E-state index in [9.17, 15) is 4.79 Å². The minimum absolute atomic E-state index is 0.191. The second-order valence-corrected chi connectivity index (χ2v) is 4.84. The summed E-state index contributed by atoms with van der Waals surface area (Å²) in [5.41, 5.74) is 1.44. The molecule has 0 unspecified atom stereocenters. The minimum Gasteiger partial charge on any atom is -0.497 e. The molecule has 0 spiro atoms. The summed E-state index contributed by atoms with van der Waals surface area (Å²) in [5, 5.41) is 3.71. The summed E-state index contributed by atoms with van der Waals surface area (Å²) in [6, 6.07) is 9.26. The molecule has 2 heterocycles. The van der Waals surface area contributed by atoms with Crippen molar-refractivity contribution < 1.29 is 4.74 Å². The van der Waals surface area contributed by atoms with Crippen LogP contribution >= 0.6 is 11.6 Å². The zero-order chi connectivity index (χ0) is 14.1. The highest BCUT2D eigenvalue weighted by Gasteiger charge is 2.08. The standard InChI is InChI=1S/C14H12ClN3O2/c1-20-11-4-2-9(3-5-11)8-18-13-12(14(19)17-18)6-10(15)7-16-13/h2-7H,8H2,1H3,(H,17,19). The predicted octanol–water partition coefficient (Wildman–Crippen LogP) is 2.43. The van der Waals surface area contributed by atoms with Gasteiger partial charge in [-0.2, -0.15) is 0 Å². The van der Waals surface area contributed by atoms with Crippen molar-refractivity contribution in [3.63, 3.8) is 0 Å². The number of fused-ring (bicyclic) bond motifs is 1. The van der Waals surface area contributed by atoms with Crippen molar-refractivity contribution in [3.8, 4) is 5.75 Å². The second kappa shape index (κ2) is 5.02. The van der Waals surface area contributed by atoms with Gasteiger partial charge in [0.25, 0.3) is 5.56 Å². The van der Waals surface area contributed by atoms with Gasteiger partial charge in [-0.25, -0.2) is 4.98 Å². The van der Waals surface area contributed by atoms with Crippen molar-refractivity contribution in [2.45, 2.75) is 6.54 Å². The molecule has 1 N–H and O–H groups in total. The highest BCUT2D eigenvalue weighted by molar-refractivity contribution is 6.31. The summed E-state index contributed by atoms with van der Waals surface area (Å²) >= 11 is 5.86. The number of nitrogens with one attached hydrogen (secondary N) is 1. The van der Waals surface area contributed by atoms with Crippen LogP contribution < -0.4 is 10.3 Å². The average molecular weight is 290 g/mol. The molecule has 0 bridgehead atoms. The van der Waals surface area contributed by atoms with E-state index in [1.54, 1.807) is 17.9 Å². The normalized spacial score (nSPS) is 10.9. The first-order chi connectivity index (χ1) is 9.67. The smallest absolute Gasteiger partial charge is 0.273 e. The van der Waals surface area contributed by atoms with Crippen LogP contribution in [0.4, 0.5) is 0 Å². The number of hydrogen-bond acceptors (Lipinski definition) is 3. The van der Waals surface area contributed by atoms with Gasteiger partial charge >= 0.3 is 0 Å². The maximum absolute atomic E-state index is 11.8. The van der Waals surface area contributed by atoms with Gasteiger partial charge in [-0.1, -0.05) is 23.7 Å². The van der Waals surface area contributed by atoms with Crippen LogP contribution in [-0.4, -0.2) is 21.9 Å². The summed E-state index contributed by atoms with van der Waals surface area (Å²) in [5.74, 6) is 0.796. The molecule has 0 amide bonds. The number of methoxy groups -OCH3 is 1. The Morgan fingerprint density at radius 3 is 2.80 bits per heavy atom. The highest BCUT2D eigenvalue weighted by Crippen LogP contribution is 2.16. The molecule has 3 aromatic rings. The molecule has 0 saturated heterocycles. The van der Waals surface area contributed by atoms with Crippen molar-refractivity contribution in [2.24, 2.45) is 0 Å². The van der Waals surface area contributed by atoms with Crippen LogP contribution in [0.15, 0.2) is 41.3 Å². The summed E-state index contributed by atoms with van der Waals surface area (Å²) in [6.07, 6.45) is 1.53. The van der Waals surface area contributed by atoms with Crippen LogP contribution in [-0.2, 0) is 6.54 Å². The Morgan fingerprint density at radius 2 is 2.10 bits per heavy atom. The maximum Gasteiger partial charge on any atom is 0.273 e. The second-order valence-electron chi connectivity index (χ2n) is 4.40. The number of aromatic nitrogens is 3. The monoisotopic (exact) mass is 289 g/mol. The van der Waals surface area contributed by atoms with Gasteiger partial charge < -0.3 is 4.74 Å². The first kappa shape index (κ1) is 12.7. The van der Waals surface area contributed by atoms with E-state index < -0.39 is 0 Å². The van der Waals surface area contributed by atoms with Crippen LogP contribution in [0.25, 0.3) is 11.0 Å². The van der Waals surface area contributed by atoms with Gasteiger partial charge in [0.1, 0.15) is 5.75 Å². The lowest BCUT2D eigenvalue weighted by molar-refractivity contribution is 0.414. The molecule has 0 atom stereocenters. The maximum atomic E-state index is 11.8. The molecule has 1 aromatic carbocycles. The SMILES string of the molecule is COc1ccc(Cn2[nH]c(=O)c3cc(Cl)cnc32)cc1. The van der Waals surface area contributed by atoms with Gasteiger partial charge in [0.15, 0.2) is 5.65 Å². The summed E-state index contributed by atoms with van der Waals surface area (Å²) < 4.78 is 6.82. The third-order valence-corrected chi connectivity index (χ3v) is 3.28. The number of ether oxygens (including phenoxy) is 1. The number of halogens is 1. The predicted molar refractivity (Wildman–Crippen MR) is 77.5 cm³/mol. The van der Waals surface area contributed by atoms with E-state index >= 15 is 0 Å². The number of pyridine rings is 1. The molecular weight excluding hydrogens is 278 g/mol. The summed E-state index contributed by atoms with van der Waals surface area (Å²) in [6.45, 7) is 0.525. The number of rotatable bonds is 3. The number of hydrogen-bond donors (Lipinski definition) is 1. The molecule has 0 radical (unpaired) electrons. The fourth-order valence-corrected chi connectivity index (χ4v) is 2.24. The molecule has 3 rings (SSSR count). The van der Waals surface area contributed by atoms with Gasteiger partial charge in [0.05, 0.1) is 24.1 Å². The molecule has 5 nitrogen and oxygen atoms in total. The number of H-pyrrole nitrogens is 1. The van der Waals surface area contributed by atoms with Gasteiger partial charge in [-0.15, -0.1) is 0 Å². The van der Waals surface area contributed by atoms with E-state index in [4.69, 9.17) is 16.3 Å². The van der Waals surface area contributed by atoms with Crippen LogP contribution in [0.3, 0.4) is 0 Å². The molecule has 0 aliphatic heterocycles. The lowest BCUT2D eigenvalue weighted by Crippen LogP contribution is -2.07. The van der Waals surface area contributed by atoms with Gasteiger partial charge in [0.2, 0.25) is 0 Å². The van der Waals surface area contributed by atoms with Crippen LogP contribution in [0.5, 0.6) is 5.75 Å². The van der Waals surface area contributed by atoms with Crippen molar-refractivity contribution in [3.05, 3.63) is 57.5 Å². The third-order valence-electron chi connectivity index (χ3n) is 3.07. The Hall–Kier alpha value is -2.27. The Bertz CT molecular complexity index is 805. The molecule has 0 aliphatic carbocycles. The van der Waals surface area contributed by atoms with E-state index in [0.29, 0.717) is 22.6 Å². The number of benzene rings is 1. The van der Waals surface area contributed by atoms with Crippen LogP contribution in [0.2, 0.25) is 5.02 Å². The Kier molecular flexibility index (Phi) is 3.20. The topological polar surface area (TPSA) is 59.9 Å². The fourth-order valence-electron chi connectivity index (χ4n) is 2.08. The Balaban J connectivity index is 2.00. The molecule has 20 heavy (non-hydrogen) atoms. The molecule has 102 valence electrons. The third kappa shape index (κ3) is 2.28. The zero-order valence-electron chi connectivity index (χ0n) is 10.8. The molecule has 0 saturated carbocycles. The van der Waals surface area contributed by atoms with Crippen molar-refractivity contribution in [1.29, 1.82) is 0 Å². The van der Waals surface area contributed by atoms with Gasteiger partial charge in [0, 0.05) is 6.20 Å². The zero-order valence-corrected chi connectivity index (χ0v) is 11.5. The molecule has 6 heteroatoms. The van der Waals surface area contributed by atoms with Crippen molar-refractivity contribution in [1.82, 2.24) is 14.8 Å². The van der Waals surface area contributed by atoms with Gasteiger partial charge in [-0.05, 0) is 23.8 Å². The molecule has 0 aliphatic rings. The fraction of sp³-hybridized carbons (Fsp3) is 0.143. The lowest BCUT2D eigenvalue weighted by Gasteiger charge is -2.05. The molecular formula is C14H12ClN3O2. The summed E-state index contributed by atoms with van der Waals surface area (Å²) in [4.78, 5) is 16.1. The van der Waals surface area contributed by atoms with E-state index in [1.807, 2.05) is 24.3 Å². The number of nitrogens with zero attached hydrogens (tertiary/aromatic N) is 2. The average Bonchev–Trinajstić information content (AvgIpc) is 2.76. The summed E-state index contributed by atoms with van der Waals surface area (Å²) in [7, 11) is 1.62. The van der Waals surface area contributed by atoms with Gasteiger partial charge in [-0.3, -0.25) is 14.6 Å². The largest absolute Gasteiger partial charge is 0.497 e. The van der Waals surface area contributed by atoms with Crippen LogP contribution in [0, 0.1) is 0 Å². The van der Waals surface area contributed by atoms with Crippen LogP contribution in [0.1, 0.15) is 5.56 Å². The van der Waals surface area contributed by atoms with Crippen molar-refractivity contribution in [2.75, 3.05) is 7.11 Å². The quantitative estimate of drug-likeness (QED) is 0.805. The molecule has 2 aromatic heterocycles. The lowest BCUT2D eigenvalue weighted by atomic mass is 10.2. The van der Waals surface area contributed by atoms with E-state index in [2.05, 4.69) is 10.1 Å². The van der Waals surface area contributed by atoms with E-state index in [0.717, 1.165) is 11.3 Å². The minimum atomic E-state index is -0.191. The Morgan fingerprint density at radius 1 is 1.35 bits per heavy atom. The first-order valence-corrected chi connectivity index (χ1v) is 6.42. The van der Waals surface area contributed by atoms with Crippen molar-refractivity contribution >= 4 is 22.6 Å². The highest BCUT2D eigenvalue weighted by atomic mass is 35.5. The van der Waals surface area contributed by atoms with E-state index in [-0.39, 0.29) is 5.56 Å². The van der Waals surface area contributed by atoms with E-state index in [1.165, 1.54) is 6.20 Å². The molecule has 0 fully saturated rings. The first-order valence-electron chi connectivity index (χ1n) is 6.04. The number of aromatic amines is 1. The Labute approximate surface area is 119 Å².